The molecule has 0 saturated carbocycles. The Bertz CT molecular complexity index is 748. The van der Waals surface area contributed by atoms with Gasteiger partial charge in [0.05, 0.1) is 19.3 Å². The minimum absolute atomic E-state index is 0.0150. The molecule has 0 spiro atoms. The van der Waals surface area contributed by atoms with Crippen LogP contribution in [0.1, 0.15) is 19.4 Å². The summed E-state index contributed by atoms with van der Waals surface area (Å²) in [5, 5.41) is 13.6. The van der Waals surface area contributed by atoms with Crippen molar-refractivity contribution in [2.75, 3.05) is 6.61 Å². The standard InChI is InChI=1S/C22H28O2Si/c1-22(2)20(19(23)16-24-15-17-11-7-5-8-12-17)21(22)25(3,4)18-13-9-6-10-14-18/h5-14,19,23H,15-16H2,1-4H3. The van der Waals surface area contributed by atoms with Gasteiger partial charge in [-0.1, -0.05) is 98.0 Å². The van der Waals surface area contributed by atoms with Crippen molar-refractivity contribution in [1.82, 2.24) is 0 Å². The van der Waals surface area contributed by atoms with Crippen molar-refractivity contribution in [2.45, 2.75) is 39.7 Å². The van der Waals surface area contributed by atoms with Gasteiger partial charge in [0.1, 0.15) is 8.07 Å². The van der Waals surface area contributed by atoms with Crippen LogP contribution in [0, 0.1) is 5.41 Å². The van der Waals surface area contributed by atoms with Gasteiger partial charge in [0.2, 0.25) is 0 Å². The van der Waals surface area contributed by atoms with Gasteiger partial charge in [-0.25, -0.2) is 0 Å². The predicted molar refractivity (Wildman–Crippen MR) is 106 cm³/mol. The molecule has 1 unspecified atom stereocenters. The molecule has 25 heavy (non-hydrogen) atoms. The Labute approximate surface area is 152 Å². The summed E-state index contributed by atoms with van der Waals surface area (Å²) in [6, 6.07) is 20.8. The summed E-state index contributed by atoms with van der Waals surface area (Å²) in [7, 11) is -1.75. The molecule has 0 saturated heterocycles. The van der Waals surface area contributed by atoms with Gasteiger partial charge in [0, 0.05) is 5.41 Å². The lowest BCUT2D eigenvalue weighted by molar-refractivity contribution is 0.0443. The van der Waals surface area contributed by atoms with Crippen LogP contribution in [0.15, 0.2) is 71.4 Å². The van der Waals surface area contributed by atoms with E-state index in [0.29, 0.717) is 13.2 Å². The van der Waals surface area contributed by atoms with Crippen molar-refractivity contribution >= 4 is 13.3 Å². The lowest BCUT2D eigenvalue weighted by Gasteiger charge is -2.23. The number of aliphatic hydroxyl groups excluding tert-OH is 1. The van der Waals surface area contributed by atoms with Crippen molar-refractivity contribution in [1.29, 1.82) is 0 Å². The van der Waals surface area contributed by atoms with Gasteiger partial charge in [-0.05, 0) is 11.1 Å². The van der Waals surface area contributed by atoms with Gasteiger partial charge in [-0.15, -0.1) is 0 Å². The van der Waals surface area contributed by atoms with E-state index in [1.54, 1.807) is 0 Å². The number of rotatable bonds is 7. The molecule has 1 aliphatic rings. The summed E-state index contributed by atoms with van der Waals surface area (Å²) in [5.41, 5.74) is 2.35. The first-order valence-electron chi connectivity index (χ1n) is 8.96. The Kier molecular flexibility index (Phi) is 5.01. The highest BCUT2D eigenvalue weighted by molar-refractivity contribution is 6.97. The van der Waals surface area contributed by atoms with Gasteiger partial charge >= 0.3 is 0 Å². The number of aliphatic hydroxyl groups is 1. The Morgan fingerprint density at radius 3 is 2.12 bits per heavy atom. The lowest BCUT2D eigenvalue weighted by Crippen LogP contribution is -2.42. The molecule has 1 N–H and O–H groups in total. The Hall–Kier alpha value is -1.68. The average molecular weight is 353 g/mol. The maximum atomic E-state index is 10.7. The van der Waals surface area contributed by atoms with E-state index in [2.05, 4.69) is 57.3 Å². The van der Waals surface area contributed by atoms with Crippen molar-refractivity contribution < 1.29 is 9.84 Å². The fraction of sp³-hybridized carbons (Fsp3) is 0.364. The second-order valence-corrected chi connectivity index (χ2v) is 12.2. The number of ether oxygens (including phenoxy) is 1. The summed E-state index contributed by atoms with van der Waals surface area (Å²) in [4.78, 5) is 0. The molecule has 1 atom stereocenters. The fourth-order valence-corrected chi connectivity index (χ4v) is 8.25. The molecule has 2 aromatic carbocycles. The monoisotopic (exact) mass is 352 g/mol. The highest BCUT2D eigenvalue weighted by Crippen LogP contribution is 2.57. The summed E-state index contributed by atoms with van der Waals surface area (Å²) >= 11 is 0. The molecule has 0 aliphatic heterocycles. The maximum absolute atomic E-state index is 10.7. The van der Waals surface area contributed by atoms with E-state index in [9.17, 15) is 5.11 Å². The van der Waals surface area contributed by atoms with Gasteiger partial charge < -0.3 is 9.84 Å². The molecule has 3 heteroatoms. The van der Waals surface area contributed by atoms with Crippen LogP contribution in [0.5, 0.6) is 0 Å². The first-order valence-corrected chi connectivity index (χ1v) is 12.0. The fourth-order valence-electron chi connectivity index (χ4n) is 4.14. The normalized spacial score (nSPS) is 17.5. The van der Waals surface area contributed by atoms with Crippen molar-refractivity contribution in [3.05, 3.63) is 77.0 Å². The van der Waals surface area contributed by atoms with E-state index >= 15 is 0 Å². The van der Waals surface area contributed by atoms with Crippen LogP contribution >= 0.6 is 0 Å². The lowest BCUT2D eigenvalue weighted by atomic mass is 10.0. The zero-order chi connectivity index (χ0) is 18.1. The first kappa shape index (κ1) is 18.1. The number of allylic oxidation sites excluding steroid dienone is 1. The zero-order valence-corrected chi connectivity index (χ0v) is 16.6. The number of hydrogen-bond donors (Lipinski definition) is 1. The molecule has 3 rings (SSSR count). The molecule has 0 fully saturated rings. The summed E-state index contributed by atoms with van der Waals surface area (Å²) in [5.74, 6) is 0. The first-order chi connectivity index (χ1) is 11.8. The van der Waals surface area contributed by atoms with Crippen LogP contribution in [0.2, 0.25) is 13.1 Å². The van der Waals surface area contributed by atoms with Crippen LogP contribution < -0.4 is 5.19 Å². The van der Waals surface area contributed by atoms with Gasteiger partial charge in [0.25, 0.3) is 0 Å². The summed E-state index contributed by atoms with van der Waals surface area (Å²) < 4.78 is 5.77. The minimum atomic E-state index is -1.75. The van der Waals surface area contributed by atoms with Gasteiger partial charge in [0.15, 0.2) is 0 Å². The van der Waals surface area contributed by atoms with E-state index in [1.165, 1.54) is 16.0 Å². The third kappa shape index (κ3) is 3.64. The van der Waals surface area contributed by atoms with Crippen LogP contribution in [0.25, 0.3) is 0 Å². The SMILES string of the molecule is CC1(C)C(C(O)COCc2ccccc2)=C1[Si](C)(C)c1ccccc1. The van der Waals surface area contributed by atoms with Crippen molar-refractivity contribution in [2.24, 2.45) is 5.41 Å². The van der Waals surface area contributed by atoms with Crippen LogP contribution in [0.4, 0.5) is 0 Å². The molecule has 0 bridgehead atoms. The third-order valence-electron chi connectivity index (χ3n) is 5.35. The quantitative estimate of drug-likeness (QED) is 0.762. The molecule has 1 aliphatic carbocycles. The number of hydrogen-bond acceptors (Lipinski definition) is 2. The molecule has 0 amide bonds. The largest absolute Gasteiger partial charge is 0.386 e. The highest BCUT2D eigenvalue weighted by atomic mass is 28.3. The molecular weight excluding hydrogens is 324 g/mol. The number of benzene rings is 2. The van der Waals surface area contributed by atoms with E-state index in [4.69, 9.17) is 4.74 Å². The van der Waals surface area contributed by atoms with E-state index in [1.807, 2.05) is 30.3 Å². The molecule has 0 aromatic heterocycles. The second-order valence-electron chi connectivity index (χ2n) is 7.92. The van der Waals surface area contributed by atoms with Crippen molar-refractivity contribution in [3.63, 3.8) is 0 Å². The maximum Gasteiger partial charge on any atom is 0.108 e. The molecule has 0 heterocycles. The van der Waals surface area contributed by atoms with E-state index < -0.39 is 14.2 Å². The molecular formula is C22H28O2Si. The third-order valence-corrected chi connectivity index (χ3v) is 9.27. The van der Waals surface area contributed by atoms with Crippen molar-refractivity contribution in [3.8, 4) is 0 Å². The zero-order valence-electron chi connectivity index (χ0n) is 15.6. The average Bonchev–Trinajstić information content (AvgIpc) is 3.20. The van der Waals surface area contributed by atoms with Gasteiger partial charge in [-0.2, -0.15) is 0 Å². The molecule has 0 radical (unpaired) electrons. The summed E-state index contributed by atoms with van der Waals surface area (Å²) in [6.45, 7) is 10.1. The molecule has 132 valence electrons. The Balaban J connectivity index is 1.69. The Morgan fingerprint density at radius 1 is 0.960 bits per heavy atom. The summed E-state index contributed by atoms with van der Waals surface area (Å²) in [6.07, 6.45) is -0.510. The molecule has 2 aromatic rings. The van der Waals surface area contributed by atoms with E-state index in [-0.39, 0.29) is 5.41 Å². The highest BCUT2D eigenvalue weighted by Gasteiger charge is 2.55. The topological polar surface area (TPSA) is 29.5 Å². The minimum Gasteiger partial charge on any atom is -0.386 e. The smallest absolute Gasteiger partial charge is 0.108 e. The van der Waals surface area contributed by atoms with Crippen LogP contribution in [0.3, 0.4) is 0 Å². The molecule has 2 nitrogen and oxygen atoms in total. The van der Waals surface area contributed by atoms with Crippen LogP contribution in [-0.2, 0) is 11.3 Å². The Morgan fingerprint density at radius 2 is 1.52 bits per heavy atom. The predicted octanol–water partition coefficient (Wildman–Crippen LogP) is 4.06. The second kappa shape index (κ2) is 6.91. The van der Waals surface area contributed by atoms with Gasteiger partial charge in [-0.3, -0.25) is 0 Å². The van der Waals surface area contributed by atoms with E-state index in [0.717, 1.165) is 5.56 Å². The van der Waals surface area contributed by atoms with Crippen LogP contribution in [-0.4, -0.2) is 25.9 Å².